The quantitative estimate of drug-likeness (QED) is 0.0228. The van der Waals surface area contributed by atoms with E-state index in [1.54, 1.807) is 20.8 Å². The van der Waals surface area contributed by atoms with E-state index in [0.717, 1.165) is 32.1 Å². The summed E-state index contributed by atoms with van der Waals surface area (Å²) in [5.74, 6) is -2.16. The van der Waals surface area contributed by atoms with Gasteiger partial charge in [-0.25, -0.2) is 11.5 Å². The number of alkyl carbamates (subject to hydrolysis) is 1. The normalized spacial score (nSPS) is 27.1. The minimum Gasteiger partial charge on any atom is -0.449 e. The molecule has 4 saturated heterocycles. The van der Waals surface area contributed by atoms with Crippen molar-refractivity contribution in [1.82, 2.24) is 15.5 Å². The van der Waals surface area contributed by atoms with Gasteiger partial charge < -0.3 is 119 Å². The summed E-state index contributed by atoms with van der Waals surface area (Å²) in [7, 11) is -4.01. The number of ketones is 5. The number of nitrogens with zero attached hydrogens (tertiary/aromatic N) is 1. The van der Waals surface area contributed by atoms with Crippen LogP contribution in [0.1, 0.15) is 233 Å². The fourth-order valence-electron chi connectivity index (χ4n) is 14.0. The molecule has 13 N–H and O–H groups in total. The Morgan fingerprint density at radius 1 is 0.446 bits per heavy atom. The van der Waals surface area contributed by atoms with Crippen LogP contribution in [0.5, 0.6) is 0 Å². The van der Waals surface area contributed by atoms with E-state index in [1.807, 2.05) is 0 Å². The molecule has 0 spiro atoms. The van der Waals surface area contributed by atoms with E-state index in [0.29, 0.717) is 122 Å². The molecule has 0 saturated carbocycles. The first-order chi connectivity index (χ1) is 53.5. The molecule has 0 aromatic heterocycles. The predicted octanol–water partition coefficient (Wildman–Crippen LogP) is 4.41. The van der Waals surface area contributed by atoms with Gasteiger partial charge in [-0.3, -0.25) is 38.1 Å². The molecule has 4 heterocycles. The van der Waals surface area contributed by atoms with E-state index in [1.165, 1.54) is 4.90 Å². The molecule has 0 aliphatic carbocycles. The Balaban J connectivity index is 1.29. The molecule has 4 aliphatic heterocycles. The van der Waals surface area contributed by atoms with Crippen LogP contribution >= 0.6 is 7.60 Å². The molecule has 0 aromatic carbocycles. The maximum atomic E-state index is 14.1. The smallest absolute Gasteiger partial charge is 0.407 e. The number of hydrogen-bond donors (Lipinski definition) is 13. The molecule has 0 radical (unpaired) electrons. The average Bonchev–Trinajstić information content (AvgIpc) is 1.16. The molecular weight excluding hydrogens is 1490 g/mol. The van der Waals surface area contributed by atoms with Crippen LogP contribution < -0.4 is 10.6 Å². The lowest BCUT2D eigenvalue weighted by atomic mass is 9.84. The number of ether oxygens (including phenoxy) is 9. The fraction of sp³-hybridized carbons (Fsp3) is 0.885. The molecule has 4 rings (SSSR count). The first kappa shape index (κ1) is 100. The first-order valence-corrected chi connectivity index (χ1v) is 42.7. The third kappa shape index (κ3) is 40.0. The molecule has 4 aliphatic rings. The lowest BCUT2D eigenvalue weighted by Crippen LogP contribution is -2.55. The largest absolute Gasteiger partial charge is 0.449 e. The van der Waals surface area contributed by atoms with Crippen molar-refractivity contribution in [2.45, 2.75) is 319 Å². The summed E-state index contributed by atoms with van der Waals surface area (Å²) in [6.07, 6.45) is 0.743. The zero-order chi connectivity index (χ0) is 82.4. The molecule has 3 amide bonds. The third-order valence-corrected chi connectivity index (χ3v) is 21.7. The maximum absolute atomic E-state index is 14.1. The van der Waals surface area contributed by atoms with Crippen molar-refractivity contribution in [2.75, 3.05) is 98.9 Å². The Kier molecular flexibility index (Phi) is 50.5. The van der Waals surface area contributed by atoms with E-state index in [4.69, 9.17) is 47.2 Å². The van der Waals surface area contributed by atoms with Crippen LogP contribution in [0.3, 0.4) is 0 Å². The van der Waals surface area contributed by atoms with E-state index in [9.17, 15) is 98.9 Å². The monoisotopic (exact) mass is 1630 g/mol. The van der Waals surface area contributed by atoms with Crippen molar-refractivity contribution in [3.05, 3.63) is 6.66 Å². The molecule has 16 unspecified atom stereocenters. The topological polar surface area (TPSA) is 496 Å². The number of β-amino-alcohol motifs (C(OH)–C–C–N with tert-alkyl or cyclic N) is 1. The number of aliphatic hydroxyl groups is 10. The molecule has 33 nitrogen and oxygen atoms in total. The standard InChI is InChI=1S/C78H137N3O30P/c1-53-68(93)71(96)63(46-82)109-74(53)104-38-21-18-29-57(85)25-13-10-15-27-59(87)34-41-102-50-78(44-61(89)31-12-8-6-5-7-9-17-33-67(92)81-45-62(90)43-56(81)49-108-112(4,100)101,52-107-77(99)80-37-24-36-79-66(91)32-20-23-40-106-76-55(3)70(95)73(98)65(48-84)111-76)51-103-42-35-60(88)28-16-11-14-26-58(86)30-19-22-39-105-75-54(2)69(94)72(97)64(47-83)110-75/h53-56,62-65,68-76,82-84,90,93-98H,4-52H2,1-3H3,(H,79,91)(H,80,99)(H,100,101)/q-1/t53?,54?,55?,56-,62+,63?,64?,65?,68?,69?,70?,71?,72?,73?,74?,75?,76?,78?/m0/s1. The molecule has 4 fully saturated rings. The van der Waals surface area contributed by atoms with Gasteiger partial charge in [0.15, 0.2) is 26.5 Å². The lowest BCUT2D eigenvalue weighted by Gasteiger charge is -2.40. The first-order valence-electron chi connectivity index (χ1n) is 40.9. The number of hydrogen-bond acceptors (Lipinski definition) is 29. The van der Waals surface area contributed by atoms with E-state index >= 15 is 0 Å². The molecular formula is C78H137N3O30P-. The minimum atomic E-state index is -4.01. The number of Topliss-reactive ketones (excluding diaryl/α,β-unsaturated/α-hetero) is 5. The summed E-state index contributed by atoms with van der Waals surface area (Å²) in [4.78, 5) is 116. The van der Waals surface area contributed by atoms with E-state index < -0.39 is 143 Å². The minimum absolute atomic E-state index is 0.0336. The highest BCUT2D eigenvalue weighted by molar-refractivity contribution is 7.54. The Bertz CT molecular complexity index is 2640. The SMILES string of the molecule is [CH2-]P(=O)(O)OC[C@@H]1C[C@@H](O)CN1C(=O)CCCCCCCCCC(=O)CC(COCCC(=O)CCCCCC(=O)CCCCOC1OC(CO)C(O)C(O)C1C)(COCCC(=O)CCCCCC(=O)CCCCOC1OC(CO)C(O)C(O)C1C)COC(=O)NCCCNC(=O)CCCCOC1OC(CO)C(O)C(O)C1C. The second kappa shape index (κ2) is 56.4. The highest BCUT2D eigenvalue weighted by Crippen LogP contribution is 2.40. The van der Waals surface area contributed by atoms with Gasteiger partial charge in [0, 0.05) is 134 Å². The van der Waals surface area contributed by atoms with Gasteiger partial charge in [0.25, 0.3) is 0 Å². The summed E-state index contributed by atoms with van der Waals surface area (Å²) < 4.78 is 68.8. The molecule has 0 aromatic rings. The van der Waals surface area contributed by atoms with Crippen molar-refractivity contribution in [3.63, 3.8) is 0 Å². The van der Waals surface area contributed by atoms with Crippen LogP contribution in [0.25, 0.3) is 0 Å². The highest BCUT2D eigenvalue weighted by Gasteiger charge is 2.45. The predicted molar refractivity (Wildman–Crippen MR) is 405 cm³/mol. The van der Waals surface area contributed by atoms with Crippen molar-refractivity contribution >= 4 is 54.4 Å². The van der Waals surface area contributed by atoms with E-state index in [2.05, 4.69) is 17.3 Å². The molecule has 650 valence electrons. The number of rotatable bonds is 64. The van der Waals surface area contributed by atoms with Gasteiger partial charge in [0.2, 0.25) is 11.8 Å². The zero-order valence-corrected chi connectivity index (χ0v) is 67.4. The number of likely N-dealkylation sites (tertiary alicyclic amines) is 1. The Labute approximate surface area is 660 Å². The number of unbranched alkanes of at least 4 members (excludes halogenated alkanes) is 13. The summed E-state index contributed by atoms with van der Waals surface area (Å²) in [6.45, 7) is 6.87. The van der Waals surface area contributed by atoms with E-state index in [-0.39, 0.29) is 178 Å². The van der Waals surface area contributed by atoms with Gasteiger partial charge >= 0.3 is 6.09 Å². The van der Waals surface area contributed by atoms with Crippen molar-refractivity contribution in [2.24, 2.45) is 23.2 Å². The van der Waals surface area contributed by atoms with Gasteiger partial charge in [-0.05, 0) is 89.9 Å². The molecule has 18 atom stereocenters. The van der Waals surface area contributed by atoms with Gasteiger partial charge in [-0.2, -0.15) is 0 Å². The number of carbonyl (C=O) groups excluding carboxylic acids is 8. The van der Waals surface area contributed by atoms with Crippen LogP contribution in [0.4, 0.5) is 4.79 Å². The van der Waals surface area contributed by atoms with Gasteiger partial charge in [-0.1, -0.05) is 65.7 Å². The molecule has 0 bridgehead atoms. The maximum Gasteiger partial charge on any atom is 0.407 e. The second-order valence-electron chi connectivity index (χ2n) is 31.0. The van der Waals surface area contributed by atoms with Crippen molar-refractivity contribution < 1.29 is 146 Å². The molecule has 34 heteroatoms. The summed E-state index contributed by atoms with van der Waals surface area (Å²) in [5.41, 5.74) is -1.28. The van der Waals surface area contributed by atoms with Gasteiger partial charge in [-0.15, -0.1) is 0 Å². The summed E-state index contributed by atoms with van der Waals surface area (Å²) in [5, 5.41) is 105. The Morgan fingerprint density at radius 3 is 1.21 bits per heavy atom. The highest BCUT2D eigenvalue weighted by atomic mass is 31.2. The summed E-state index contributed by atoms with van der Waals surface area (Å²) in [6, 6.07) is -0.530. The lowest BCUT2D eigenvalue weighted by molar-refractivity contribution is -0.282. The summed E-state index contributed by atoms with van der Waals surface area (Å²) >= 11 is 0. The number of carbonyl (C=O) groups is 8. The van der Waals surface area contributed by atoms with Gasteiger partial charge in [0.1, 0.15) is 72.1 Å². The van der Waals surface area contributed by atoms with Crippen LogP contribution in [0.2, 0.25) is 0 Å². The fourth-order valence-corrected chi connectivity index (χ4v) is 14.4. The van der Waals surface area contributed by atoms with Crippen LogP contribution in [0.15, 0.2) is 0 Å². The average molecular weight is 1630 g/mol. The Hall–Kier alpha value is -4.01. The van der Waals surface area contributed by atoms with Crippen LogP contribution in [0, 0.1) is 29.8 Å². The zero-order valence-electron chi connectivity index (χ0n) is 66.5. The Morgan fingerprint density at radius 2 is 0.804 bits per heavy atom. The van der Waals surface area contributed by atoms with Crippen LogP contribution in [-0.4, -0.2) is 293 Å². The number of nitrogens with one attached hydrogen (secondary N) is 2. The second-order valence-corrected chi connectivity index (χ2v) is 32.5. The van der Waals surface area contributed by atoms with Crippen molar-refractivity contribution in [3.8, 4) is 0 Å². The molecule has 112 heavy (non-hydrogen) atoms. The number of amides is 3. The van der Waals surface area contributed by atoms with Crippen LogP contribution in [-0.2, 0) is 85.3 Å². The van der Waals surface area contributed by atoms with Gasteiger partial charge in [0.05, 0.1) is 88.7 Å². The van der Waals surface area contributed by atoms with Crippen molar-refractivity contribution in [1.29, 1.82) is 0 Å². The third-order valence-electron chi connectivity index (χ3n) is 21.2. The number of aliphatic hydroxyl groups excluding tert-OH is 10.